The van der Waals surface area contributed by atoms with E-state index in [4.69, 9.17) is 10.8 Å². The van der Waals surface area contributed by atoms with Crippen molar-refractivity contribution in [2.24, 2.45) is 5.73 Å². The van der Waals surface area contributed by atoms with Gasteiger partial charge in [-0.05, 0) is 18.1 Å². The summed E-state index contributed by atoms with van der Waals surface area (Å²) in [5, 5.41) is 8.74. The predicted octanol–water partition coefficient (Wildman–Crippen LogP) is 1.20. The third-order valence-corrected chi connectivity index (χ3v) is 1.69. The summed E-state index contributed by atoms with van der Waals surface area (Å²) in [5.41, 5.74) is 7.67. The average Bonchev–Trinajstić information content (AvgIpc) is 2.05. The van der Waals surface area contributed by atoms with E-state index in [9.17, 15) is 0 Å². The molecule has 0 saturated carbocycles. The molecule has 0 aliphatic rings. The molecule has 2 nitrogen and oxygen atoms in total. The summed E-state index contributed by atoms with van der Waals surface area (Å²) in [7, 11) is 0. The van der Waals surface area contributed by atoms with Crippen molar-refractivity contribution >= 4 is 0 Å². The molecule has 0 spiro atoms. The Morgan fingerprint density at radius 2 is 1.91 bits per heavy atom. The molecule has 60 valence electrons. The molecule has 1 aromatic carbocycles. The van der Waals surface area contributed by atoms with Gasteiger partial charge in [0.1, 0.15) is 0 Å². The van der Waals surface area contributed by atoms with Crippen molar-refractivity contribution in [3.63, 3.8) is 0 Å². The summed E-state index contributed by atoms with van der Waals surface area (Å²) >= 11 is 0. The summed E-state index contributed by atoms with van der Waals surface area (Å²) in [5.74, 6) is 0. The number of hydrogen-bond donors (Lipinski definition) is 2. The maximum absolute atomic E-state index is 8.74. The first-order valence-corrected chi connectivity index (χ1v) is 3.69. The number of rotatable bonds is 2. The molecule has 0 radical (unpaired) electrons. The van der Waals surface area contributed by atoms with Gasteiger partial charge in [0.2, 0.25) is 0 Å². The largest absolute Gasteiger partial charge is 0.392 e. The zero-order valence-electron chi connectivity index (χ0n) is 6.62. The molecule has 0 aliphatic heterocycles. The Morgan fingerprint density at radius 3 is 2.27 bits per heavy atom. The highest BCUT2D eigenvalue weighted by atomic mass is 16.3. The second-order valence-electron chi connectivity index (χ2n) is 2.69. The second-order valence-corrected chi connectivity index (χ2v) is 2.69. The molecule has 3 N–H and O–H groups in total. The second kappa shape index (κ2) is 3.51. The van der Waals surface area contributed by atoms with Crippen molar-refractivity contribution in [3.05, 3.63) is 35.4 Å². The highest BCUT2D eigenvalue weighted by Crippen LogP contribution is 2.10. The van der Waals surface area contributed by atoms with E-state index in [-0.39, 0.29) is 12.6 Å². The molecule has 0 saturated heterocycles. The van der Waals surface area contributed by atoms with E-state index in [2.05, 4.69) is 0 Å². The molecule has 0 heterocycles. The van der Waals surface area contributed by atoms with E-state index in [0.29, 0.717) is 0 Å². The van der Waals surface area contributed by atoms with Crippen LogP contribution in [0.25, 0.3) is 0 Å². The van der Waals surface area contributed by atoms with Gasteiger partial charge in [-0.1, -0.05) is 24.3 Å². The van der Waals surface area contributed by atoms with Gasteiger partial charge in [-0.25, -0.2) is 0 Å². The summed E-state index contributed by atoms with van der Waals surface area (Å²) in [4.78, 5) is 0. The van der Waals surface area contributed by atoms with Gasteiger partial charge in [0.15, 0.2) is 0 Å². The van der Waals surface area contributed by atoms with Crippen LogP contribution in [0.4, 0.5) is 0 Å². The minimum atomic E-state index is 0.0720. The summed E-state index contributed by atoms with van der Waals surface area (Å²) in [6.45, 7) is 2.03. The van der Waals surface area contributed by atoms with Crippen molar-refractivity contribution in [1.82, 2.24) is 0 Å². The molecule has 0 aliphatic carbocycles. The first-order valence-electron chi connectivity index (χ1n) is 3.69. The molecule has 1 rings (SSSR count). The average molecular weight is 151 g/mol. The van der Waals surface area contributed by atoms with E-state index in [1.165, 1.54) is 0 Å². The van der Waals surface area contributed by atoms with Crippen LogP contribution in [-0.4, -0.2) is 5.11 Å². The maximum atomic E-state index is 8.74. The number of benzene rings is 1. The molecule has 1 aromatic rings. The molecule has 11 heavy (non-hydrogen) atoms. The molecule has 1 atom stereocenters. The van der Waals surface area contributed by atoms with Crippen molar-refractivity contribution in [1.29, 1.82) is 0 Å². The monoisotopic (exact) mass is 151 g/mol. The Balaban J connectivity index is 2.83. The molecule has 2 heteroatoms. The van der Waals surface area contributed by atoms with Crippen LogP contribution in [0.1, 0.15) is 24.1 Å². The fourth-order valence-corrected chi connectivity index (χ4v) is 0.927. The Labute approximate surface area is 66.7 Å². The molecule has 0 unspecified atom stereocenters. The normalized spacial score (nSPS) is 13.0. The lowest BCUT2D eigenvalue weighted by Crippen LogP contribution is -2.04. The van der Waals surface area contributed by atoms with Gasteiger partial charge in [-0.2, -0.15) is 0 Å². The van der Waals surface area contributed by atoms with Crippen molar-refractivity contribution in [3.8, 4) is 0 Å². The van der Waals surface area contributed by atoms with Gasteiger partial charge in [-0.15, -0.1) is 0 Å². The Morgan fingerprint density at radius 1 is 1.36 bits per heavy atom. The molecule has 0 fully saturated rings. The lowest BCUT2D eigenvalue weighted by Gasteiger charge is -2.04. The number of aliphatic hydroxyl groups excluding tert-OH is 1. The number of hydrogen-bond acceptors (Lipinski definition) is 2. The minimum Gasteiger partial charge on any atom is -0.392 e. The van der Waals surface area contributed by atoms with Crippen LogP contribution in [-0.2, 0) is 6.61 Å². The van der Waals surface area contributed by atoms with Gasteiger partial charge >= 0.3 is 0 Å². The standard InChI is InChI=1S/C9H13NO/c1-7(10)9-4-2-8(6-11)3-5-9/h2-5,7,11H,6,10H2,1H3/t7-/m0/s1. The minimum absolute atomic E-state index is 0.0720. The van der Waals surface area contributed by atoms with Crippen LogP contribution >= 0.6 is 0 Å². The van der Waals surface area contributed by atoms with Gasteiger partial charge in [0, 0.05) is 6.04 Å². The van der Waals surface area contributed by atoms with Crippen molar-refractivity contribution < 1.29 is 5.11 Å². The zero-order chi connectivity index (χ0) is 8.27. The SMILES string of the molecule is C[C@H](N)c1ccc(CO)cc1. The van der Waals surface area contributed by atoms with Crippen molar-refractivity contribution in [2.75, 3.05) is 0 Å². The van der Waals surface area contributed by atoms with Gasteiger partial charge in [-0.3, -0.25) is 0 Å². The number of aliphatic hydroxyl groups is 1. The van der Waals surface area contributed by atoms with Crippen LogP contribution in [0.3, 0.4) is 0 Å². The van der Waals surface area contributed by atoms with Crippen LogP contribution in [0.5, 0.6) is 0 Å². The smallest absolute Gasteiger partial charge is 0.0681 e. The highest BCUT2D eigenvalue weighted by molar-refractivity contribution is 5.23. The molecular weight excluding hydrogens is 138 g/mol. The van der Waals surface area contributed by atoms with E-state index in [1.807, 2.05) is 31.2 Å². The molecule has 0 bridgehead atoms. The first kappa shape index (κ1) is 8.24. The lowest BCUT2D eigenvalue weighted by atomic mass is 10.1. The topological polar surface area (TPSA) is 46.2 Å². The lowest BCUT2D eigenvalue weighted by molar-refractivity contribution is 0.282. The van der Waals surface area contributed by atoms with Crippen LogP contribution in [0.2, 0.25) is 0 Å². The summed E-state index contributed by atoms with van der Waals surface area (Å²) in [6.07, 6.45) is 0. The first-order chi connectivity index (χ1) is 5.24. The van der Waals surface area contributed by atoms with E-state index < -0.39 is 0 Å². The molecule has 0 amide bonds. The Bertz CT molecular complexity index is 216. The predicted molar refractivity (Wildman–Crippen MR) is 45.0 cm³/mol. The summed E-state index contributed by atoms with van der Waals surface area (Å²) < 4.78 is 0. The van der Waals surface area contributed by atoms with E-state index in [0.717, 1.165) is 11.1 Å². The van der Waals surface area contributed by atoms with Gasteiger partial charge in [0.25, 0.3) is 0 Å². The third-order valence-electron chi connectivity index (χ3n) is 1.69. The Kier molecular flexibility index (Phi) is 2.63. The quantitative estimate of drug-likeness (QED) is 0.667. The maximum Gasteiger partial charge on any atom is 0.0681 e. The van der Waals surface area contributed by atoms with Gasteiger partial charge < -0.3 is 10.8 Å². The van der Waals surface area contributed by atoms with Crippen LogP contribution < -0.4 is 5.73 Å². The third kappa shape index (κ3) is 2.03. The number of nitrogens with two attached hydrogens (primary N) is 1. The Hall–Kier alpha value is -0.860. The fraction of sp³-hybridized carbons (Fsp3) is 0.333. The van der Waals surface area contributed by atoms with Crippen LogP contribution in [0, 0.1) is 0 Å². The van der Waals surface area contributed by atoms with Gasteiger partial charge in [0.05, 0.1) is 6.61 Å². The van der Waals surface area contributed by atoms with Crippen molar-refractivity contribution in [2.45, 2.75) is 19.6 Å². The van der Waals surface area contributed by atoms with Crippen LogP contribution in [0.15, 0.2) is 24.3 Å². The highest BCUT2D eigenvalue weighted by Gasteiger charge is 1.97. The van der Waals surface area contributed by atoms with E-state index >= 15 is 0 Å². The summed E-state index contributed by atoms with van der Waals surface area (Å²) in [6, 6.07) is 7.73. The molecular formula is C9H13NO. The van der Waals surface area contributed by atoms with E-state index in [1.54, 1.807) is 0 Å². The zero-order valence-corrected chi connectivity index (χ0v) is 6.62. The fourth-order valence-electron chi connectivity index (χ4n) is 0.927. The molecule has 0 aromatic heterocycles.